The molecule has 230 valence electrons. The number of aromatic hydroxyl groups is 1. The fourth-order valence-corrected chi connectivity index (χ4v) is 7.79. The van der Waals surface area contributed by atoms with Gasteiger partial charge in [-0.25, -0.2) is 0 Å². The van der Waals surface area contributed by atoms with Crippen LogP contribution in [-0.2, 0) is 16.0 Å². The molecular formula is C39H57O2P. The van der Waals surface area contributed by atoms with Crippen molar-refractivity contribution in [2.45, 2.75) is 130 Å². The van der Waals surface area contributed by atoms with Gasteiger partial charge in [0.2, 0.25) is 0 Å². The number of aliphatic hydroxyl groups is 1. The summed E-state index contributed by atoms with van der Waals surface area (Å²) in [5, 5.41) is 24.7. The molecule has 0 spiro atoms. The Kier molecular flexibility index (Phi) is 11.5. The van der Waals surface area contributed by atoms with E-state index in [0.29, 0.717) is 20.2 Å². The first-order valence-electron chi connectivity index (χ1n) is 16.2. The van der Waals surface area contributed by atoms with E-state index in [2.05, 4.69) is 99.6 Å². The lowest BCUT2D eigenvalue weighted by Gasteiger charge is -2.39. The number of hydrogen-bond acceptors (Lipinski definition) is 2. The van der Waals surface area contributed by atoms with Gasteiger partial charge in [0, 0.05) is 16.3 Å². The first-order chi connectivity index (χ1) is 19.7. The van der Waals surface area contributed by atoms with Crippen molar-refractivity contribution in [3.05, 3.63) is 94.0 Å². The Labute approximate surface area is 259 Å². The highest BCUT2D eigenvalue weighted by Crippen LogP contribution is 2.53. The van der Waals surface area contributed by atoms with Gasteiger partial charge in [-0.05, 0) is 58.5 Å². The maximum atomic E-state index is 12.3. The second-order valence-corrected chi connectivity index (χ2v) is 16.3. The van der Waals surface area contributed by atoms with Crippen LogP contribution in [0, 0.1) is 12.8 Å². The van der Waals surface area contributed by atoms with Crippen LogP contribution in [0.15, 0.2) is 60.7 Å². The third kappa shape index (κ3) is 7.86. The first kappa shape index (κ1) is 34.3. The summed E-state index contributed by atoms with van der Waals surface area (Å²) in [6.45, 7) is 22.8. The predicted molar refractivity (Wildman–Crippen MR) is 185 cm³/mol. The van der Waals surface area contributed by atoms with Gasteiger partial charge in [0.25, 0.3) is 0 Å². The maximum absolute atomic E-state index is 12.3. The number of aliphatic hydroxyl groups excluding tert-OH is 1. The van der Waals surface area contributed by atoms with Gasteiger partial charge >= 0.3 is 0 Å². The molecule has 2 N–H and O–H groups in total. The molecule has 0 saturated carbocycles. The molecule has 42 heavy (non-hydrogen) atoms. The standard InChI is InChI=1S/C39H57O2P/c1-11-13-18-28(4)38(8,9)32-25-30(37(5,6)7)26-33(36(32)41)39(10,23-14-12-2)42-34-22-21-27(3)24-31(34)35(40)29-19-16-15-17-20-29/h15-17,19-22,24-26,28,35,40-42H,11-14,18,23H2,1-10H3. The maximum Gasteiger partial charge on any atom is 0.123 e. The lowest BCUT2D eigenvalue weighted by molar-refractivity contribution is 0.221. The minimum Gasteiger partial charge on any atom is -0.507 e. The van der Waals surface area contributed by atoms with Gasteiger partial charge in [-0.3, -0.25) is 0 Å². The fourth-order valence-electron chi connectivity index (χ4n) is 6.05. The summed E-state index contributed by atoms with van der Waals surface area (Å²) in [4.78, 5) is 0. The Hall–Kier alpha value is -2.15. The molecule has 0 radical (unpaired) electrons. The minimum absolute atomic E-state index is 0.0484. The van der Waals surface area contributed by atoms with Gasteiger partial charge in [-0.15, -0.1) is 0 Å². The predicted octanol–water partition coefficient (Wildman–Crippen LogP) is 10.6. The average molecular weight is 589 g/mol. The fraction of sp³-hybridized carbons (Fsp3) is 0.538. The molecule has 0 bridgehead atoms. The van der Waals surface area contributed by atoms with Crippen LogP contribution < -0.4 is 5.30 Å². The Morgan fingerprint density at radius 1 is 0.810 bits per heavy atom. The summed E-state index contributed by atoms with van der Waals surface area (Å²) in [5.74, 6) is 0.917. The molecule has 3 rings (SSSR count). The van der Waals surface area contributed by atoms with E-state index in [4.69, 9.17) is 0 Å². The highest BCUT2D eigenvalue weighted by atomic mass is 31.1. The Morgan fingerprint density at radius 3 is 2.02 bits per heavy atom. The summed E-state index contributed by atoms with van der Waals surface area (Å²) in [5.41, 5.74) is 6.24. The Morgan fingerprint density at radius 2 is 1.43 bits per heavy atom. The number of rotatable bonds is 13. The number of phenolic OH excluding ortho intramolecular Hbond substituents is 1. The minimum atomic E-state index is -0.688. The topological polar surface area (TPSA) is 40.5 Å². The van der Waals surface area contributed by atoms with Crippen molar-refractivity contribution < 1.29 is 10.2 Å². The van der Waals surface area contributed by atoms with E-state index >= 15 is 0 Å². The number of hydrogen-bond donors (Lipinski definition) is 2. The molecule has 4 unspecified atom stereocenters. The molecule has 0 saturated heterocycles. The second kappa shape index (κ2) is 14.1. The quantitative estimate of drug-likeness (QED) is 0.195. The second-order valence-electron chi connectivity index (χ2n) is 14.4. The van der Waals surface area contributed by atoms with Crippen LogP contribution in [0.3, 0.4) is 0 Å². The average Bonchev–Trinajstić information content (AvgIpc) is 2.95. The summed E-state index contributed by atoms with van der Waals surface area (Å²) >= 11 is 0. The molecule has 2 nitrogen and oxygen atoms in total. The van der Waals surface area contributed by atoms with Crippen LogP contribution in [0.25, 0.3) is 0 Å². The summed E-state index contributed by atoms with van der Waals surface area (Å²) in [7, 11) is 0.399. The summed E-state index contributed by atoms with van der Waals surface area (Å²) in [6, 6.07) is 21.1. The number of unbranched alkanes of at least 4 members (excludes halogenated alkanes) is 2. The molecule has 3 aromatic rings. The van der Waals surface area contributed by atoms with E-state index in [1.807, 2.05) is 30.3 Å². The van der Waals surface area contributed by atoms with E-state index < -0.39 is 6.10 Å². The number of benzene rings is 3. The molecule has 4 atom stereocenters. The monoisotopic (exact) mass is 588 g/mol. The van der Waals surface area contributed by atoms with Crippen molar-refractivity contribution in [1.29, 1.82) is 0 Å². The van der Waals surface area contributed by atoms with Gasteiger partial charge in [-0.2, -0.15) is 0 Å². The van der Waals surface area contributed by atoms with Crippen LogP contribution in [0.5, 0.6) is 5.75 Å². The van der Waals surface area contributed by atoms with Crippen molar-refractivity contribution in [2.75, 3.05) is 0 Å². The highest BCUT2D eigenvalue weighted by molar-refractivity contribution is 7.48. The van der Waals surface area contributed by atoms with Gasteiger partial charge < -0.3 is 10.2 Å². The third-order valence-electron chi connectivity index (χ3n) is 9.55. The van der Waals surface area contributed by atoms with Gasteiger partial charge in [0.05, 0.1) is 0 Å². The van der Waals surface area contributed by atoms with Crippen LogP contribution in [0.1, 0.15) is 140 Å². The van der Waals surface area contributed by atoms with E-state index in [0.717, 1.165) is 53.5 Å². The zero-order chi connectivity index (χ0) is 31.3. The zero-order valence-electron chi connectivity index (χ0n) is 28.1. The Balaban J connectivity index is 2.24. The van der Waals surface area contributed by atoms with E-state index in [9.17, 15) is 10.2 Å². The molecule has 3 aromatic carbocycles. The zero-order valence-corrected chi connectivity index (χ0v) is 29.1. The van der Waals surface area contributed by atoms with Crippen LogP contribution >= 0.6 is 8.58 Å². The largest absolute Gasteiger partial charge is 0.507 e. The molecule has 0 heterocycles. The van der Waals surface area contributed by atoms with Gasteiger partial charge in [-0.1, -0.05) is 163 Å². The molecule has 0 amide bonds. The molecule has 0 aliphatic carbocycles. The smallest absolute Gasteiger partial charge is 0.123 e. The lowest BCUT2D eigenvalue weighted by Crippen LogP contribution is -2.30. The van der Waals surface area contributed by atoms with Gasteiger partial charge in [0.1, 0.15) is 11.9 Å². The van der Waals surface area contributed by atoms with Crippen molar-refractivity contribution in [2.24, 2.45) is 5.92 Å². The van der Waals surface area contributed by atoms with Crippen molar-refractivity contribution in [3.63, 3.8) is 0 Å². The summed E-state index contributed by atoms with van der Waals surface area (Å²) in [6.07, 6.45) is 6.00. The molecule has 0 aliphatic rings. The molecule has 0 aromatic heterocycles. The first-order valence-corrected chi connectivity index (χ1v) is 17.2. The van der Waals surface area contributed by atoms with E-state index in [1.54, 1.807) is 0 Å². The van der Waals surface area contributed by atoms with Crippen molar-refractivity contribution >= 4 is 13.9 Å². The van der Waals surface area contributed by atoms with E-state index in [1.165, 1.54) is 23.7 Å². The molecular weight excluding hydrogens is 531 g/mol. The van der Waals surface area contributed by atoms with Crippen molar-refractivity contribution in [3.8, 4) is 5.75 Å². The third-order valence-corrected chi connectivity index (χ3v) is 11.3. The molecule has 3 heteroatoms. The molecule has 0 fully saturated rings. The van der Waals surface area contributed by atoms with Crippen molar-refractivity contribution in [1.82, 2.24) is 0 Å². The number of phenols is 1. The van der Waals surface area contributed by atoms with E-state index in [-0.39, 0.29) is 16.0 Å². The van der Waals surface area contributed by atoms with Crippen LogP contribution in [0.2, 0.25) is 0 Å². The number of aryl methyl sites for hydroxylation is 1. The normalized spacial score (nSPS) is 15.6. The summed E-state index contributed by atoms with van der Waals surface area (Å²) < 4.78 is 0. The Bertz CT molecular complexity index is 1300. The lowest BCUT2D eigenvalue weighted by atomic mass is 9.69. The van der Waals surface area contributed by atoms with Crippen LogP contribution in [-0.4, -0.2) is 10.2 Å². The molecule has 0 aliphatic heterocycles. The van der Waals surface area contributed by atoms with Gasteiger partial charge in [0.15, 0.2) is 0 Å². The van der Waals surface area contributed by atoms with Crippen LogP contribution in [0.4, 0.5) is 0 Å². The highest BCUT2D eigenvalue weighted by Gasteiger charge is 2.38. The SMILES string of the molecule is CCCCC(C)C(C)(C)c1cc(C(C)(C)C)cc(C(C)(CCCC)Pc2ccc(C)cc2C(O)c2ccccc2)c1O.